The smallest absolute Gasteiger partial charge is 0.233 e. The Morgan fingerprint density at radius 3 is 2.72 bits per heavy atom. The van der Waals surface area contributed by atoms with Gasteiger partial charge in [-0.2, -0.15) is 0 Å². The number of aromatic nitrogens is 3. The van der Waals surface area contributed by atoms with Crippen LogP contribution in [0.2, 0.25) is 0 Å². The molecule has 1 aromatic heterocycles. The Balaban J connectivity index is 1.46. The summed E-state index contributed by atoms with van der Waals surface area (Å²) < 4.78 is 7.57. The van der Waals surface area contributed by atoms with Crippen LogP contribution in [0.15, 0.2) is 35.5 Å². The Hall–Kier alpha value is -1.86. The van der Waals surface area contributed by atoms with Crippen molar-refractivity contribution in [3.05, 3.63) is 36.2 Å². The van der Waals surface area contributed by atoms with Crippen molar-refractivity contribution in [3.63, 3.8) is 0 Å². The van der Waals surface area contributed by atoms with Crippen LogP contribution in [0.25, 0.3) is 5.69 Å². The van der Waals surface area contributed by atoms with E-state index in [9.17, 15) is 4.79 Å². The summed E-state index contributed by atoms with van der Waals surface area (Å²) >= 11 is 1.43. The molecule has 0 spiro atoms. The van der Waals surface area contributed by atoms with Gasteiger partial charge in [0.05, 0.1) is 17.0 Å². The van der Waals surface area contributed by atoms with Crippen LogP contribution in [0.4, 0.5) is 0 Å². The Labute approximate surface area is 176 Å². The summed E-state index contributed by atoms with van der Waals surface area (Å²) in [6.07, 6.45) is 8.38. The van der Waals surface area contributed by atoms with Crippen LogP contribution in [-0.2, 0) is 9.53 Å². The minimum Gasteiger partial charge on any atom is -0.376 e. The molecule has 0 unspecified atom stereocenters. The molecule has 1 amide bonds. The number of ether oxygens (including phenoxy) is 1. The Bertz CT molecular complexity index is 798. The van der Waals surface area contributed by atoms with Crippen LogP contribution in [0, 0.1) is 0 Å². The number of benzene rings is 1. The molecule has 7 heteroatoms. The number of hydrogen-bond acceptors (Lipinski definition) is 5. The Morgan fingerprint density at radius 1 is 1.21 bits per heavy atom. The van der Waals surface area contributed by atoms with Crippen LogP contribution in [0.1, 0.15) is 63.6 Å². The van der Waals surface area contributed by atoms with E-state index in [1.165, 1.54) is 31.0 Å². The number of rotatable bonds is 7. The van der Waals surface area contributed by atoms with Gasteiger partial charge in [-0.1, -0.05) is 49.2 Å². The van der Waals surface area contributed by atoms with Crippen molar-refractivity contribution < 1.29 is 9.53 Å². The molecular formula is C22H30N4O2S. The molecule has 2 aliphatic rings. The molecule has 29 heavy (non-hydrogen) atoms. The standard InChI is InChI=1S/C22H30N4O2S/c1-16(21(27)23-15-19-13-8-14-28-19)29-22-24-20(17-9-4-2-5-10-17)26(25-22)18-11-6-3-7-12-18/h3,6-7,11-12,16-17,19H,2,4-5,8-10,13-15H2,1H3,(H,23,27)/t16-,19-/m1/s1. The van der Waals surface area contributed by atoms with E-state index < -0.39 is 0 Å². The Kier molecular flexibility index (Phi) is 6.87. The zero-order chi connectivity index (χ0) is 20.1. The third kappa shape index (κ3) is 5.20. The Morgan fingerprint density at radius 2 is 2.00 bits per heavy atom. The summed E-state index contributed by atoms with van der Waals surface area (Å²) in [5, 5.41) is 8.22. The third-order valence-electron chi connectivity index (χ3n) is 5.76. The second-order valence-electron chi connectivity index (χ2n) is 7.98. The first kappa shape index (κ1) is 20.4. The number of thioether (sulfide) groups is 1. The maximum atomic E-state index is 12.5. The molecular weight excluding hydrogens is 384 g/mol. The van der Waals surface area contributed by atoms with Gasteiger partial charge in [-0.05, 0) is 44.7 Å². The lowest BCUT2D eigenvalue weighted by atomic mass is 9.88. The highest BCUT2D eigenvalue weighted by Gasteiger charge is 2.25. The largest absolute Gasteiger partial charge is 0.376 e. The summed E-state index contributed by atoms with van der Waals surface area (Å²) in [6, 6.07) is 10.2. The highest BCUT2D eigenvalue weighted by atomic mass is 32.2. The molecule has 1 saturated heterocycles. The zero-order valence-electron chi connectivity index (χ0n) is 17.0. The summed E-state index contributed by atoms with van der Waals surface area (Å²) in [4.78, 5) is 17.4. The lowest BCUT2D eigenvalue weighted by molar-refractivity contribution is -0.120. The normalized spacial score (nSPS) is 21.2. The van der Waals surface area contributed by atoms with Crippen LogP contribution < -0.4 is 5.32 Å². The minimum absolute atomic E-state index is 0.0146. The lowest BCUT2D eigenvalue weighted by Gasteiger charge is -2.21. The fraction of sp³-hybridized carbons (Fsp3) is 0.591. The molecule has 1 N–H and O–H groups in total. The second kappa shape index (κ2) is 9.76. The molecule has 2 fully saturated rings. The summed E-state index contributed by atoms with van der Waals surface area (Å²) in [5.41, 5.74) is 1.03. The molecule has 2 atom stereocenters. The van der Waals surface area contributed by atoms with E-state index in [4.69, 9.17) is 14.8 Å². The van der Waals surface area contributed by atoms with Gasteiger partial charge in [-0.3, -0.25) is 4.79 Å². The van der Waals surface area contributed by atoms with E-state index >= 15 is 0 Å². The summed E-state index contributed by atoms with van der Waals surface area (Å²) in [7, 11) is 0. The third-order valence-corrected chi connectivity index (χ3v) is 6.71. The summed E-state index contributed by atoms with van der Waals surface area (Å²) in [5.74, 6) is 1.49. The molecule has 4 rings (SSSR count). The molecule has 1 aliphatic heterocycles. The van der Waals surface area contributed by atoms with Gasteiger partial charge in [0.15, 0.2) is 0 Å². The number of para-hydroxylation sites is 1. The summed E-state index contributed by atoms with van der Waals surface area (Å²) in [6.45, 7) is 3.30. The maximum Gasteiger partial charge on any atom is 0.233 e. The fourth-order valence-corrected chi connectivity index (χ4v) is 4.90. The lowest BCUT2D eigenvalue weighted by Crippen LogP contribution is -2.36. The fourth-order valence-electron chi connectivity index (χ4n) is 4.11. The van der Waals surface area contributed by atoms with Gasteiger partial charge in [0.1, 0.15) is 5.82 Å². The van der Waals surface area contributed by atoms with E-state index in [1.807, 2.05) is 29.8 Å². The van der Waals surface area contributed by atoms with Crippen LogP contribution >= 0.6 is 11.8 Å². The van der Waals surface area contributed by atoms with Gasteiger partial charge in [0.2, 0.25) is 11.1 Å². The number of carbonyl (C=O) groups is 1. The molecule has 6 nitrogen and oxygen atoms in total. The van der Waals surface area contributed by atoms with Gasteiger partial charge in [-0.25, -0.2) is 9.67 Å². The number of nitrogens with one attached hydrogen (secondary N) is 1. The molecule has 1 aliphatic carbocycles. The monoisotopic (exact) mass is 414 g/mol. The van der Waals surface area contributed by atoms with Crippen molar-refractivity contribution >= 4 is 17.7 Å². The van der Waals surface area contributed by atoms with Crippen molar-refractivity contribution in [1.82, 2.24) is 20.1 Å². The SMILES string of the molecule is C[C@@H](Sc1nc(C2CCCCC2)n(-c2ccccc2)n1)C(=O)NC[C@H]1CCCO1. The van der Waals surface area contributed by atoms with E-state index in [0.29, 0.717) is 17.6 Å². The van der Waals surface area contributed by atoms with Crippen LogP contribution in [0.3, 0.4) is 0 Å². The van der Waals surface area contributed by atoms with E-state index in [2.05, 4.69) is 17.4 Å². The molecule has 0 radical (unpaired) electrons. The van der Waals surface area contributed by atoms with Crippen LogP contribution in [0.5, 0.6) is 0 Å². The number of carbonyl (C=O) groups excluding carboxylic acids is 1. The topological polar surface area (TPSA) is 69.0 Å². The molecule has 0 bridgehead atoms. The van der Waals surface area contributed by atoms with E-state index in [0.717, 1.165) is 43.8 Å². The van der Waals surface area contributed by atoms with Gasteiger partial charge in [0.25, 0.3) is 0 Å². The number of amides is 1. The molecule has 2 aromatic rings. The zero-order valence-corrected chi connectivity index (χ0v) is 17.9. The highest BCUT2D eigenvalue weighted by molar-refractivity contribution is 8.00. The molecule has 1 saturated carbocycles. The van der Waals surface area contributed by atoms with Crippen molar-refractivity contribution in [2.45, 2.75) is 74.3 Å². The first-order valence-corrected chi connectivity index (χ1v) is 11.7. The first-order valence-electron chi connectivity index (χ1n) is 10.8. The van der Waals surface area contributed by atoms with Crippen molar-refractivity contribution in [2.75, 3.05) is 13.2 Å². The van der Waals surface area contributed by atoms with Gasteiger partial charge >= 0.3 is 0 Å². The van der Waals surface area contributed by atoms with Crippen molar-refractivity contribution in [1.29, 1.82) is 0 Å². The van der Waals surface area contributed by atoms with Gasteiger partial charge in [0, 0.05) is 19.1 Å². The number of nitrogens with zero attached hydrogens (tertiary/aromatic N) is 3. The maximum absolute atomic E-state index is 12.5. The average Bonchev–Trinajstić information content (AvgIpc) is 3.43. The van der Waals surface area contributed by atoms with E-state index in [-0.39, 0.29) is 17.3 Å². The minimum atomic E-state index is -0.248. The quantitative estimate of drug-likeness (QED) is 0.691. The molecule has 2 heterocycles. The predicted molar refractivity (Wildman–Crippen MR) is 114 cm³/mol. The molecule has 156 valence electrons. The highest BCUT2D eigenvalue weighted by Crippen LogP contribution is 2.34. The predicted octanol–water partition coefficient (Wildman–Crippen LogP) is 4.09. The average molecular weight is 415 g/mol. The van der Waals surface area contributed by atoms with Gasteiger partial charge < -0.3 is 10.1 Å². The second-order valence-corrected chi connectivity index (χ2v) is 9.28. The van der Waals surface area contributed by atoms with Crippen molar-refractivity contribution in [3.8, 4) is 5.69 Å². The van der Waals surface area contributed by atoms with Crippen LogP contribution in [-0.4, -0.2) is 45.2 Å². The number of hydrogen-bond donors (Lipinski definition) is 1. The molecule has 1 aromatic carbocycles. The van der Waals surface area contributed by atoms with Crippen molar-refractivity contribution in [2.24, 2.45) is 0 Å². The first-order chi connectivity index (χ1) is 14.2. The van der Waals surface area contributed by atoms with Gasteiger partial charge in [-0.15, -0.1) is 5.10 Å². The van der Waals surface area contributed by atoms with E-state index in [1.54, 1.807) is 0 Å².